The molecule has 14 heteroatoms. The largest absolute Gasteiger partial charge is 0.484 e. The van der Waals surface area contributed by atoms with Crippen molar-refractivity contribution in [1.29, 1.82) is 0 Å². The third-order valence-corrected chi connectivity index (χ3v) is 10.6. The summed E-state index contributed by atoms with van der Waals surface area (Å²) >= 11 is 0. The van der Waals surface area contributed by atoms with E-state index < -0.39 is 0 Å². The zero-order chi connectivity index (χ0) is 36.4. The topological polar surface area (TPSA) is 132 Å². The molecule has 53 heavy (non-hydrogen) atoms. The average Bonchev–Trinajstić information content (AvgIpc) is 3.92. The van der Waals surface area contributed by atoms with Crippen molar-refractivity contribution in [3.63, 3.8) is 0 Å². The normalized spacial score (nSPS) is 19.6. The van der Waals surface area contributed by atoms with E-state index in [0.29, 0.717) is 5.82 Å². The third-order valence-electron chi connectivity index (χ3n) is 10.6. The van der Waals surface area contributed by atoms with Crippen LogP contribution in [0.2, 0.25) is 0 Å². The summed E-state index contributed by atoms with van der Waals surface area (Å²) < 4.78 is 17.9. The first-order chi connectivity index (χ1) is 25.8. The smallest absolute Gasteiger partial charge is 0.320 e. The number of anilines is 2. The van der Waals surface area contributed by atoms with E-state index in [9.17, 15) is 4.79 Å². The van der Waals surface area contributed by atoms with Crippen molar-refractivity contribution in [3.05, 3.63) is 77.9 Å². The number of hydrogen-bond donors (Lipinski definition) is 2. The first-order valence-electron chi connectivity index (χ1n) is 19.1. The molecule has 2 aliphatic heterocycles. The highest BCUT2D eigenvalue weighted by Crippen LogP contribution is 2.39. The molecule has 5 aromatic rings. The lowest BCUT2D eigenvalue weighted by Gasteiger charge is -2.32. The Morgan fingerprint density at radius 2 is 1.75 bits per heavy atom. The van der Waals surface area contributed by atoms with Crippen LogP contribution < -0.4 is 20.3 Å². The Hall–Kier alpha value is -4.95. The Balaban J connectivity index is 0.946. The molecule has 8 rings (SSSR count). The number of morpholine rings is 1. The van der Waals surface area contributed by atoms with E-state index in [0.717, 1.165) is 112 Å². The number of benzene rings is 1. The Bertz CT molecular complexity index is 2020. The monoisotopic (exact) mass is 721 g/mol. The molecule has 3 aliphatic rings. The highest BCUT2D eigenvalue weighted by atomic mass is 16.5. The van der Waals surface area contributed by atoms with Crippen LogP contribution in [-0.4, -0.2) is 91.0 Å². The molecule has 2 amide bonds. The summed E-state index contributed by atoms with van der Waals surface area (Å²) in [5.41, 5.74) is 4.41. The van der Waals surface area contributed by atoms with Gasteiger partial charge in [-0.15, -0.1) is 10.2 Å². The molecule has 4 aromatic heterocycles. The molecule has 0 bridgehead atoms. The van der Waals surface area contributed by atoms with Gasteiger partial charge in [-0.05, 0) is 61.8 Å². The molecule has 14 nitrogen and oxygen atoms in total. The number of hydrogen-bond acceptors (Lipinski definition) is 9. The van der Waals surface area contributed by atoms with Crippen molar-refractivity contribution in [3.8, 4) is 11.4 Å². The fraction of sp³-hybridized carbons (Fsp3) is 0.513. The second-order valence-electron chi connectivity index (χ2n) is 15.5. The van der Waals surface area contributed by atoms with Gasteiger partial charge in [0.05, 0.1) is 43.5 Å². The fourth-order valence-corrected chi connectivity index (χ4v) is 7.64. The Labute approximate surface area is 310 Å². The van der Waals surface area contributed by atoms with Gasteiger partial charge in [0.25, 0.3) is 0 Å². The van der Waals surface area contributed by atoms with Crippen LogP contribution in [-0.2, 0) is 16.7 Å². The highest BCUT2D eigenvalue weighted by molar-refractivity contribution is 5.89. The van der Waals surface area contributed by atoms with Crippen LogP contribution in [0.15, 0.2) is 61.1 Å². The molecule has 0 radical (unpaired) electrons. The number of ether oxygens (including phenoxy) is 2. The second kappa shape index (κ2) is 15.2. The predicted octanol–water partition coefficient (Wildman–Crippen LogP) is 5.90. The molecule has 1 aromatic carbocycles. The van der Waals surface area contributed by atoms with Gasteiger partial charge in [0.1, 0.15) is 23.4 Å². The number of aryl methyl sites for hydroxylation is 1. The number of fused-ring (bicyclic) bond motifs is 2. The van der Waals surface area contributed by atoms with Crippen molar-refractivity contribution in [2.24, 2.45) is 0 Å². The van der Waals surface area contributed by atoms with Crippen molar-refractivity contribution in [2.45, 2.75) is 83.4 Å². The fourth-order valence-electron chi connectivity index (χ4n) is 7.64. The predicted molar refractivity (Wildman–Crippen MR) is 203 cm³/mol. The van der Waals surface area contributed by atoms with E-state index in [-0.39, 0.29) is 23.6 Å². The van der Waals surface area contributed by atoms with E-state index in [1.807, 2.05) is 58.0 Å². The van der Waals surface area contributed by atoms with E-state index >= 15 is 0 Å². The van der Waals surface area contributed by atoms with Crippen LogP contribution in [0.5, 0.6) is 5.75 Å². The van der Waals surface area contributed by atoms with Gasteiger partial charge >= 0.3 is 6.03 Å². The SMILES string of the molecule is CC(C)(C)c1cc(NC(=O)N[C@H]2CC[C@@H](Oc3ccc4nnc(N5CCCCC5)n4c3)c3ccccc32)n(-c2cnn(CCCN3CCOCC3)c2)n1. The molecule has 2 fully saturated rings. The molecule has 2 saturated heterocycles. The van der Waals surface area contributed by atoms with Crippen molar-refractivity contribution in [1.82, 2.24) is 44.4 Å². The maximum absolute atomic E-state index is 13.7. The van der Waals surface area contributed by atoms with E-state index in [2.05, 4.69) is 68.6 Å². The number of aromatic nitrogens is 7. The Morgan fingerprint density at radius 1 is 0.943 bits per heavy atom. The molecule has 0 saturated carbocycles. The average molecular weight is 722 g/mol. The molecule has 0 unspecified atom stereocenters. The molecule has 6 heterocycles. The summed E-state index contributed by atoms with van der Waals surface area (Å²) in [6.07, 6.45) is 11.7. The zero-order valence-corrected chi connectivity index (χ0v) is 31.1. The van der Waals surface area contributed by atoms with Crippen LogP contribution in [0.25, 0.3) is 11.3 Å². The second-order valence-corrected chi connectivity index (χ2v) is 15.5. The summed E-state index contributed by atoms with van der Waals surface area (Å²) in [4.78, 5) is 18.5. The summed E-state index contributed by atoms with van der Waals surface area (Å²) in [7, 11) is 0. The standard InChI is InChI=1S/C39H51N11O3/c1-39(2,3)34-24-36(50(45-34)28-25-40-48(26-28)19-9-16-46-20-22-52-23-21-46)42-37(51)41-32-13-14-33(31-11-6-5-10-30(31)32)53-29-12-15-35-43-44-38(49(35)27-29)47-17-7-4-8-18-47/h5-6,10-12,15,24-27,32-33H,4,7-9,13-14,16-23H2,1-3H3,(H2,41,42,51)/t32-,33+/m0/s1. The van der Waals surface area contributed by atoms with Crippen molar-refractivity contribution in [2.75, 3.05) is 56.2 Å². The number of carbonyl (C=O) groups excluding carboxylic acids is 1. The van der Waals surface area contributed by atoms with Crippen LogP contribution in [0.4, 0.5) is 16.6 Å². The number of pyridine rings is 1. The van der Waals surface area contributed by atoms with E-state index in [1.54, 1.807) is 4.68 Å². The number of carbonyl (C=O) groups is 1. The number of piperidine rings is 1. The minimum absolute atomic E-state index is 0.152. The first kappa shape index (κ1) is 35.1. The van der Waals surface area contributed by atoms with Gasteiger partial charge in [0, 0.05) is 50.7 Å². The molecule has 280 valence electrons. The molecule has 2 N–H and O–H groups in total. The van der Waals surface area contributed by atoms with E-state index in [1.165, 1.54) is 19.3 Å². The zero-order valence-electron chi connectivity index (χ0n) is 31.1. The molecular formula is C39H51N11O3. The van der Waals surface area contributed by atoms with Gasteiger partial charge in [-0.2, -0.15) is 10.2 Å². The first-order valence-corrected chi connectivity index (χ1v) is 19.1. The number of urea groups is 1. The molecule has 2 atom stereocenters. The molecular weight excluding hydrogens is 671 g/mol. The quantitative estimate of drug-likeness (QED) is 0.181. The van der Waals surface area contributed by atoms with Gasteiger partial charge in [-0.3, -0.25) is 19.3 Å². The van der Waals surface area contributed by atoms with E-state index in [4.69, 9.17) is 14.6 Å². The summed E-state index contributed by atoms with van der Waals surface area (Å²) in [6.45, 7) is 13.7. The third kappa shape index (κ3) is 7.88. The Morgan fingerprint density at radius 3 is 2.57 bits per heavy atom. The lowest BCUT2D eigenvalue weighted by atomic mass is 9.85. The van der Waals surface area contributed by atoms with Gasteiger partial charge in [0.15, 0.2) is 5.65 Å². The number of nitrogens with one attached hydrogen (secondary N) is 2. The maximum Gasteiger partial charge on any atom is 0.320 e. The summed E-state index contributed by atoms with van der Waals surface area (Å²) in [6, 6.07) is 13.7. The van der Waals surface area contributed by atoms with Crippen LogP contribution in [0, 0.1) is 0 Å². The summed E-state index contributed by atoms with van der Waals surface area (Å²) in [5, 5.41) is 24.8. The highest BCUT2D eigenvalue weighted by Gasteiger charge is 2.30. The van der Waals surface area contributed by atoms with Crippen LogP contribution in [0.1, 0.15) is 88.3 Å². The molecule has 1 aliphatic carbocycles. The van der Waals surface area contributed by atoms with Crippen LogP contribution in [0.3, 0.4) is 0 Å². The van der Waals surface area contributed by atoms with Crippen molar-refractivity contribution >= 4 is 23.4 Å². The van der Waals surface area contributed by atoms with Gasteiger partial charge in [-0.25, -0.2) is 9.48 Å². The number of amides is 2. The van der Waals surface area contributed by atoms with Crippen molar-refractivity contribution < 1.29 is 14.3 Å². The minimum atomic E-state index is -0.285. The minimum Gasteiger partial charge on any atom is -0.484 e. The van der Waals surface area contributed by atoms with Crippen LogP contribution >= 0.6 is 0 Å². The molecule has 0 spiro atoms. The maximum atomic E-state index is 13.7. The lowest BCUT2D eigenvalue weighted by Crippen LogP contribution is -2.37. The van der Waals surface area contributed by atoms with Gasteiger partial charge < -0.3 is 19.7 Å². The van der Waals surface area contributed by atoms with Gasteiger partial charge in [0.2, 0.25) is 5.95 Å². The summed E-state index contributed by atoms with van der Waals surface area (Å²) in [5.74, 6) is 2.23. The van der Waals surface area contributed by atoms with Gasteiger partial charge in [-0.1, -0.05) is 45.0 Å². The lowest BCUT2D eigenvalue weighted by molar-refractivity contribution is 0.0368. The number of nitrogens with zero attached hydrogens (tertiary/aromatic N) is 9. The number of rotatable bonds is 10. The Kier molecular flexibility index (Phi) is 10.1.